The highest BCUT2D eigenvalue weighted by Gasteiger charge is 2.42. The molecule has 3 saturated heterocycles. The van der Waals surface area contributed by atoms with Crippen molar-refractivity contribution in [2.75, 3.05) is 106 Å². The summed E-state index contributed by atoms with van der Waals surface area (Å²) in [6.45, 7) is 10.9. The normalized spacial score (nSPS) is 19.3. The lowest BCUT2D eigenvalue weighted by Crippen LogP contribution is -2.50. The second-order valence-corrected chi connectivity index (χ2v) is 20.2. The van der Waals surface area contributed by atoms with E-state index in [2.05, 4.69) is 9.47 Å². The first-order valence-corrected chi connectivity index (χ1v) is 26.5. The van der Waals surface area contributed by atoms with Gasteiger partial charge in [-0.05, 0) is 57.8 Å². The van der Waals surface area contributed by atoms with Crippen molar-refractivity contribution < 1.29 is 81.7 Å². The highest BCUT2D eigenvalue weighted by Crippen LogP contribution is 2.56. The molecule has 436 valence electrons. The first-order chi connectivity index (χ1) is 34.4. The number of methoxy groups -OCH3 is 4. The third kappa shape index (κ3) is 29.9. The van der Waals surface area contributed by atoms with Crippen LogP contribution in [0.25, 0.3) is 0 Å². The number of carbonyl (C=O) groups excluding carboxylic acids is 7. The molecule has 0 radical (unpaired) electrons. The van der Waals surface area contributed by atoms with Crippen LogP contribution in [0.5, 0.6) is 0 Å². The zero-order valence-electron chi connectivity index (χ0n) is 44.5. The molecule has 74 heavy (non-hydrogen) atoms. The maximum atomic E-state index is 13.2. The molecule has 18 nitrogen and oxygen atoms in total. The molecule has 0 aromatic rings. The fourth-order valence-electron chi connectivity index (χ4n) is 8.49. The molecule has 6 amide bonds. The zero-order chi connectivity index (χ0) is 57.6. The number of halogens is 9. The number of alkyl halides is 6. The van der Waals surface area contributed by atoms with Gasteiger partial charge in [0.05, 0.1) is 31.8 Å². The highest BCUT2D eigenvalue weighted by molar-refractivity contribution is 8.18. The second-order valence-electron chi connectivity index (χ2n) is 18.1. The summed E-state index contributed by atoms with van der Waals surface area (Å²) < 4.78 is 109. The molecular formula is C46H82Cl2F7N7O11S. The molecule has 6 atom stereocenters. The van der Waals surface area contributed by atoms with Crippen LogP contribution in [0.1, 0.15) is 99.3 Å². The molecule has 28 heteroatoms. The van der Waals surface area contributed by atoms with Gasteiger partial charge >= 0.3 is 0 Å². The van der Waals surface area contributed by atoms with E-state index < -0.39 is 65.0 Å². The van der Waals surface area contributed by atoms with Crippen LogP contribution in [0.3, 0.4) is 0 Å². The maximum Gasteiger partial charge on any atom is 0.278 e. The SMILES string of the molecule is CCC(C(=O)N(CCOC)CCOC)N1C[C@H](CC(C)(F)F)CC1=O.CCC(C(N)=O)N1C[C@H](CC(C)(F)F)CC1=O.CC[C@@H](C(N)=O)N1C[C@H](CC(C)=O)CC1=O.COCCN(CCOC)S(F)(F)F.ClCCl. The summed E-state index contributed by atoms with van der Waals surface area (Å²) in [5.74, 6) is -8.08. The van der Waals surface area contributed by atoms with Crippen molar-refractivity contribution in [2.45, 2.75) is 129 Å². The minimum atomic E-state index is -5.14. The van der Waals surface area contributed by atoms with Crippen molar-refractivity contribution in [1.82, 2.24) is 23.9 Å². The average Bonchev–Trinajstić information content (AvgIpc) is 3.94. The van der Waals surface area contributed by atoms with E-state index in [4.69, 9.17) is 44.1 Å². The molecule has 0 spiro atoms. The molecule has 3 aliphatic rings. The molecule has 4 N–H and O–H groups in total. The number of primary amides is 2. The van der Waals surface area contributed by atoms with Gasteiger partial charge in [0, 0.05) is 113 Å². The predicted molar refractivity (Wildman–Crippen MR) is 269 cm³/mol. The number of nitrogens with two attached hydrogens (primary N) is 2. The van der Waals surface area contributed by atoms with E-state index in [0.29, 0.717) is 69.3 Å². The molecule has 3 fully saturated rings. The van der Waals surface area contributed by atoms with Gasteiger partial charge in [-0.15, -0.1) is 34.9 Å². The Morgan fingerprint density at radius 2 is 0.919 bits per heavy atom. The number of rotatable bonds is 28. The van der Waals surface area contributed by atoms with Crippen molar-refractivity contribution in [3.05, 3.63) is 0 Å². The monoisotopic (exact) mass is 1140 g/mol. The Morgan fingerprint density at radius 1 is 0.622 bits per heavy atom. The Bertz CT molecular complexity index is 1680. The number of hydrogen-bond acceptors (Lipinski definition) is 12. The summed E-state index contributed by atoms with van der Waals surface area (Å²) >= 11 is 4.39. The van der Waals surface area contributed by atoms with Gasteiger partial charge in [-0.2, -0.15) is 4.31 Å². The van der Waals surface area contributed by atoms with Crippen LogP contribution in [-0.4, -0.2) is 201 Å². The fourth-order valence-corrected chi connectivity index (χ4v) is 9.05. The Morgan fingerprint density at radius 3 is 1.19 bits per heavy atom. The Hall–Kier alpha value is -3.27. The molecule has 2 unspecified atom stereocenters. The van der Waals surface area contributed by atoms with Crippen molar-refractivity contribution in [3.8, 4) is 0 Å². The first kappa shape index (κ1) is 72.8. The number of ether oxygens (including phenoxy) is 4. The summed E-state index contributed by atoms with van der Waals surface area (Å²) in [7, 11) is 5.85. The lowest BCUT2D eigenvalue weighted by atomic mass is 10.0. The molecule has 0 saturated carbocycles. The van der Waals surface area contributed by atoms with Gasteiger partial charge < -0.3 is 54.8 Å². The molecule has 3 heterocycles. The number of ketones is 1. The van der Waals surface area contributed by atoms with E-state index in [1.54, 1.807) is 26.0 Å². The fraction of sp³-hybridized carbons (Fsp3) is 0.848. The summed E-state index contributed by atoms with van der Waals surface area (Å²) in [5, 5.41) is 0.194. The minimum absolute atomic E-state index is 0.0402. The van der Waals surface area contributed by atoms with Crippen LogP contribution in [0, 0.1) is 17.8 Å². The Labute approximate surface area is 444 Å². The smallest absolute Gasteiger partial charge is 0.278 e. The number of hydrogen-bond donors (Lipinski definition) is 2. The van der Waals surface area contributed by atoms with Gasteiger partial charge in [-0.1, -0.05) is 20.8 Å². The van der Waals surface area contributed by atoms with Crippen molar-refractivity contribution in [1.29, 1.82) is 0 Å². The maximum absolute atomic E-state index is 13.2. The number of Topliss-reactive ketones (excluding diaryl/α,β-unsaturated/α-hetero) is 1. The summed E-state index contributed by atoms with van der Waals surface area (Å²) in [5.41, 5.74) is 10.4. The van der Waals surface area contributed by atoms with Gasteiger partial charge in [0.15, 0.2) is 0 Å². The molecule has 0 bridgehead atoms. The first-order valence-electron chi connectivity index (χ1n) is 24.1. The quantitative estimate of drug-likeness (QED) is 0.0644. The van der Waals surface area contributed by atoms with Crippen molar-refractivity contribution in [3.63, 3.8) is 0 Å². The van der Waals surface area contributed by atoms with Gasteiger partial charge in [0.1, 0.15) is 23.9 Å². The van der Waals surface area contributed by atoms with Crippen molar-refractivity contribution >= 4 is 75.8 Å². The van der Waals surface area contributed by atoms with E-state index >= 15 is 0 Å². The van der Waals surface area contributed by atoms with Crippen LogP contribution in [0.2, 0.25) is 0 Å². The predicted octanol–water partition coefficient (Wildman–Crippen LogP) is 6.38. The van der Waals surface area contributed by atoms with Gasteiger partial charge in [-0.25, -0.2) is 17.6 Å². The molecule has 3 rings (SSSR count). The zero-order valence-corrected chi connectivity index (χ0v) is 46.8. The average molecular weight is 1150 g/mol. The number of nitrogens with zero attached hydrogens (tertiary/aromatic N) is 5. The van der Waals surface area contributed by atoms with Crippen LogP contribution < -0.4 is 11.5 Å². The van der Waals surface area contributed by atoms with E-state index in [1.165, 1.54) is 35.8 Å². The topological polar surface area (TPSA) is 225 Å². The van der Waals surface area contributed by atoms with Gasteiger partial charge in [-0.3, -0.25) is 28.8 Å². The summed E-state index contributed by atoms with van der Waals surface area (Å²) in [6, 6.07) is -1.82. The lowest BCUT2D eigenvalue weighted by molar-refractivity contribution is -0.144. The van der Waals surface area contributed by atoms with Gasteiger partial charge in [0.25, 0.3) is 11.4 Å². The van der Waals surface area contributed by atoms with Gasteiger partial charge in [0.2, 0.25) is 47.3 Å². The third-order valence-corrected chi connectivity index (χ3v) is 12.6. The molecular weight excluding hydrogens is 1060 g/mol. The van der Waals surface area contributed by atoms with Crippen LogP contribution in [0.15, 0.2) is 0 Å². The Kier molecular flexibility index (Phi) is 36.9. The summed E-state index contributed by atoms with van der Waals surface area (Å²) in [6.07, 6.45) is 1.61. The van der Waals surface area contributed by atoms with E-state index in [0.717, 1.165) is 13.8 Å². The molecule has 3 aliphatic heterocycles. The van der Waals surface area contributed by atoms with Crippen LogP contribution in [0.4, 0.5) is 29.2 Å². The standard InChI is InChI=1S/C17H30F2N2O4.C11H18F2N2O2.C11H18N2O3.C6H14F3NO2S.CH2Cl2/c1-5-14(16(23)20(6-8-24-3)7-9-25-4)21-12-13(10-15(21)22)11-17(2,18)19;1-3-8(10(14)17)15-6-7(4-9(15)16)5-11(2,12)13;1-3-9(11(12)16)13-6-8(4-7(2)14)5-10(13)15;1-11-5-3-10(4-6-12-2)13(7,8)9;2-1-3/h13-14H,5-12H2,1-4H3;7-8H,3-6H2,1-2H3,(H2,14,17);8-9H,3-6H2,1-2H3,(H2,12,16);3-6H2,1-2H3;1H2/t13-,14?;7-,8?;8-,9+;;/m001../s1. The van der Waals surface area contributed by atoms with Crippen LogP contribution in [-0.2, 0) is 52.5 Å². The van der Waals surface area contributed by atoms with E-state index in [-0.39, 0.29) is 106 Å². The highest BCUT2D eigenvalue weighted by atomic mass is 35.5. The lowest BCUT2D eigenvalue weighted by Gasteiger charge is -2.32. The number of carbonyl (C=O) groups is 7. The molecule has 0 aromatic heterocycles. The Balaban J connectivity index is 0. The van der Waals surface area contributed by atoms with Crippen molar-refractivity contribution in [2.24, 2.45) is 29.2 Å². The molecule has 0 aromatic carbocycles. The molecule has 0 aliphatic carbocycles. The second kappa shape index (κ2) is 37.5. The third-order valence-electron chi connectivity index (χ3n) is 11.6. The largest absolute Gasteiger partial charge is 0.383 e. The number of likely N-dealkylation sites (tertiary alicyclic amines) is 3. The van der Waals surface area contributed by atoms with E-state index in [9.17, 15) is 62.8 Å². The van der Waals surface area contributed by atoms with E-state index in [1.807, 2.05) is 13.8 Å². The van der Waals surface area contributed by atoms with Crippen LogP contribution >= 0.6 is 34.6 Å². The summed E-state index contributed by atoms with van der Waals surface area (Å²) in [4.78, 5) is 87.7. The minimum Gasteiger partial charge on any atom is -0.383 e. The number of amides is 6.